The summed E-state index contributed by atoms with van der Waals surface area (Å²) >= 11 is 0. The fraction of sp³-hybridized carbons (Fsp3) is 0.600. The molecule has 0 unspecified atom stereocenters. The van der Waals surface area contributed by atoms with Crippen molar-refractivity contribution in [3.05, 3.63) is 0 Å². The van der Waals surface area contributed by atoms with Gasteiger partial charge in [-0.05, 0) is 0 Å². The zero-order chi connectivity index (χ0) is 7.28. The number of aliphatic carboxylic acids is 1. The fourth-order valence-corrected chi connectivity index (χ4v) is 0.348. The topological polar surface area (TPSA) is 80.4 Å². The molecule has 0 saturated heterocycles. The monoisotopic (exact) mass is 211 g/mol. The van der Waals surface area contributed by atoms with E-state index in [1.807, 2.05) is 0 Å². The molecule has 0 aliphatic heterocycles. The minimum atomic E-state index is -0.961. The largest absolute Gasteiger partial charge is 0.481 e. The Kier molecular flexibility index (Phi) is 8.22. The Bertz CT molecular complexity index is 126. The minimum absolute atomic E-state index is 0. The Balaban J connectivity index is 0. The number of hydrogen-bond acceptors (Lipinski definition) is 3. The molecule has 0 aliphatic rings. The smallest absolute Gasteiger partial charge is 0.303 e. The molecule has 0 heterocycles. The molecule has 5 heteroatoms. The molecule has 0 radical (unpaired) electrons. The van der Waals surface area contributed by atoms with Gasteiger partial charge in [0, 0.05) is 6.42 Å². The summed E-state index contributed by atoms with van der Waals surface area (Å²) in [4.78, 5) is 20.2. The van der Waals surface area contributed by atoms with Gasteiger partial charge in [0.15, 0.2) is 0 Å². The first-order valence-corrected chi connectivity index (χ1v) is 2.60. The summed E-state index contributed by atoms with van der Waals surface area (Å²) in [5, 5.41) is 8.06. The SMILES string of the molecule is Br.NCC(=O)CCC(=O)O. The van der Waals surface area contributed by atoms with Crippen molar-refractivity contribution in [3.63, 3.8) is 0 Å². The molecule has 0 atom stereocenters. The first-order chi connectivity index (χ1) is 4.16. The summed E-state index contributed by atoms with van der Waals surface area (Å²) in [7, 11) is 0. The van der Waals surface area contributed by atoms with Crippen LogP contribution in [0.15, 0.2) is 0 Å². The van der Waals surface area contributed by atoms with E-state index in [1.54, 1.807) is 0 Å². The first kappa shape index (κ1) is 12.3. The Hall–Kier alpha value is -0.420. The van der Waals surface area contributed by atoms with E-state index in [0.29, 0.717) is 0 Å². The molecule has 0 aromatic rings. The molecule has 0 aliphatic carbocycles. The van der Waals surface area contributed by atoms with Crippen LogP contribution in [0.5, 0.6) is 0 Å². The number of halogens is 1. The van der Waals surface area contributed by atoms with Crippen LogP contribution in [0.25, 0.3) is 0 Å². The lowest BCUT2D eigenvalue weighted by Gasteiger charge is -1.90. The number of carbonyl (C=O) groups excluding carboxylic acids is 1. The predicted molar refractivity (Wildman–Crippen MR) is 41.3 cm³/mol. The number of ketones is 1. The van der Waals surface area contributed by atoms with Crippen molar-refractivity contribution < 1.29 is 14.7 Å². The van der Waals surface area contributed by atoms with Crippen LogP contribution in [0.1, 0.15) is 12.8 Å². The second-order valence-electron chi connectivity index (χ2n) is 1.64. The normalized spacial score (nSPS) is 8.10. The standard InChI is InChI=1S/C5H9NO3.BrH/c6-3-4(7)1-2-5(8)9;/h1-3,6H2,(H,8,9);1H. The molecule has 3 N–H and O–H groups in total. The zero-order valence-electron chi connectivity index (χ0n) is 5.37. The van der Waals surface area contributed by atoms with E-state index in [2.05, 4.69) is 0 Å². The van der Waals surface area contributed by atoms with Crippen molar-refractivity contribution >= 4 is 28.7 Å². The van der Waals surface area contributed by atoms with Crippen LogP contribution in [0.3, 0.4) is 0 Å². The third kappa shape index (κ3) is 7.58. The maximum absolute atomic E-state index is 10.3. The van der Waals surface area contributed by atoms with Crippen LogP contribution in [0.2, 0.25) is 0 Å². The van der Waals surface area contributed by atoms with Gasteiger partial charge in [0.25, 0.3) is 0 Å². The van der Waals surface area contributed by atoms with E-state index in [9.17, 15) is 9.59 Å². The Morgan fingerprint density at radius 2 is 1.80 bits per heavy atom. The number of carboxylic acids is 1. The van der Waals surface area contributed by atoms with Gasteiger partial charge in [-0.3, -0.25) is 9.59 Å². The predicted octanol–water partition coefficient (Wildman–Crippen LogP) is -0.0431. The van der Waals surface area contributed by atoms with Gasteiger partial charge in [0.05, 0.1) is 13.0 Å². The Morgan fingerprint density at radius 1 is 1.30 bits per heavy atom. The number of rotatable bonds is 4. The fourth-order valence-electron chi connectivity index (χ4n) is 0.348. The maximum atomic E-state index is 10.3. The van der Waals surface area contributed by atoms with Crippen molar-refractivity contribution in [2.45, 2.75) is 12.8 Å². The summed E-state index contributed by atoms with van der Waals surface area (Å²) in [5.74, 6) is -1.17. The average Bonchev–Trinajstić information content (AvgIpc) is 1.83. The minimum Gasteiger partial charge on any atom is -0.481 e. The van der Waals surface area contributed by atoms with Crippen LogP contribution >= 0.6 is 17.0 Å². The molecule has 0 spiro atoms. The van der Waals surface area contributed by atoms with Crippen molar-refractivity contribution in [1.82, 2.24) is 0 Å². The van der Waals surface area contributed by atoms with Gasteiger partial charge in [0.2, 0.25) is 0 Å². The van der Waals surface area contributed by atoms with Crippen molar-refractivity contribution in [3.8, 4) is 0 Å². The van der Waals surface area contributed by atoms with Gasteiger partial charge in [-0.2, -0.15) is 0 Å². The Labute approximate surface area is 69.2 Å². The molecule has 0 aromatic heterocycles. The van der Waals surface area contributed by atoms with Crippen molar-refractivity contribution in [2.24, 2.45) is 5.73 Å². The number of Topliss-reactive ketones (excluding diaryl/α,β-unsaturated/α-hetero) is 1. The molecule has 0 aromatic carbocycles. The lowest BCUT2D eigenvalue weighted by molar-refractivity contribution is -0.138. The van der Waals surface area contributed by atoms with E-state index in [0.717, 1.165) is 0 Å². The summed E-state index contributed by atoms with van der Waals surface area (Å²) in [6, 6.07) is 0. The van der Waals surface area contributed by atoms with Gasteiger partial charge in [-0.1, -0.05) is 0 Å². The van der Waals surface area contributed by atoms with Crippen LogP contribution in [0.4, 0.5) is 0 Å². The summed E-state index contributed by atoms with van der Waals surface area (Å²) < 4.78 is 0. The van der Waals surface area contributed by atoms with Crippen LogP contribution in [0, 0.1) is 0 Å². The number of carboxylic acid groups (broad SMARTS) is 1. The zero-order valence-corrected chi connectivity index (χ0v) is 7.08. The quantitative estimate of drug-likeness (QED) is 0.684. The van der Waals surface area contributed by atoms with Gasteiger partial charge in [-0.15, -0.1) is 17.0 Å². The highest BCUT2D eigenvalue weighted by Crippen LogP contribution is 1.87. The maximum Gasteiger partial charge on any atom is 0.303 e. The van der Waals surface area contributed by atoms with E-state index in [1.165, 1.54) is 0 Å². The highest BCUT2D eigenvalue weighted by Gasteiger charge is 2.01. The summed E-state index contributed by atoms with van der Waals surface area (Å²) in [6.07, 6.45) is -0.0676. The third-order valence-electron chi connectivity index (χ3n) is 0.845. The molecule has 0 saturated carbocycles. The molecule has 4 nitrogen and oxygen atoms in total. The van der Waals surface area contributed by atoms with Crippen molar-refractivity contribution in [2.75, 3.05) is 6.54 Å². The van der Waals surface area contributed by atoms with Gasteiger partial charge in [0.1, 0.15) is 5.78 Å². The third-order valence-corrected chi connectivity index (χ3v) is 0.845. The summed E-state index contributed by atoms with van der Waals surface area (Å²) in [6.45, 7) is -0.0622. The molecular formula is C5H10BrNO3. The van der Waals surface area contributed by atoms with Crippen LogP contribution in [-0.2, 0) is 9.59 Å². The second-order valence-corrected chi connectivity index (χ2v) is 1.64. The van der Waals surface area contributed by atoms with Crippen LogP contribution < -0.4 is 5.73 Å². The van der Waals surface area contributed by atoms with Gasteiger partial charge in [-0.25, -0.2) is 0 Å². The number of nitrogens with two attached hydrogens (primary N) is 1. The second kappa shape index (κ2) is 6.70. The molecule has 0 fully saturated rings. The number of hydrogen-bond donors (Lipinski definition) is 2. The van der Waals surface area contributed by atoms with E-state index in [-0.39, 0.29) is 42.2 Å². The average molecular weight is 212 g/mol. The van der Waals surface area contributed by atoms with E-state index >= 15 is 0 Å². The molecule has 0 rings (SSSR count). The van der Waals surface area contributed by atoms with Crippen LogP contribution in [-0.4, -0.2) is 23.4 Å². The summed E-state index contributed by atoms with van der Waals surface area (Å²) in [5.41, 5.74) is 4.92. The lowest BCUT2D eigenvalue weighted by Crippen LogP contribution is -2.14. The molecule has 0 bridgehead atoms. The molecular weight excluding hydrogens is 202 g/mol. The van der Waals surface area contributed by atoms with E-state index in [4.69, 9.17) is 10.8 Å². The highest BCUT2D eigenvalue weighted by molar-refractivity contribution is 8.93. The molecule has 10 heavy (non-hydrogen) atoms. The van der Waals surface area contributed by atoms with Crippen molar-refractivity contribution in [1.29, 1.82) is 0 Å². The molecule has 60 valence electrons. The highest BCUT2D eigenvalue weighted by atomic mass is 79.9. The number of carbonyl (C=O) groups is 2. The first-order valence-electron chi connectivity index (χ1n) is 2.60. The van der Waals surface area contributed by atoms with Gasteiger partial charge < -0.3 is 10.8 Å². The Morgan fingerprint density at radius 3 is 2.10 bits per heavy atom. The molecule has 0 amide bonds. The van der Waals surface area contributed by atoms with E-state index < -0.39 is 5.97 Å². The van der Waals surface area contributed by atoms with Gasteiger partial charge >= 0.3 is 5.97 Å². The lowest BCUT2D eigenvalue weighted by atomic mass is 10.2.